The summed E-state index contributed by atoms with van der Waals surface area (Å²) in [5.41, 5.74) is 1.24. The molecule has 1 aliphatic rings. The van der Waals surface area contributed by atoms with Gasteiger partial charge in [0.15, 0.2) is 0 Å². The number of aromatic nitrogens is 3. The number of rotatable bonds is 3. The van der Waals surface area contributed by atoms with Crippen LogP contribution in [0.1, 0.15) is 31.7 Å². The lowest BCUT2D eigenvalue weighted by atomic mass is 9.72. The third-order valence-electron chi connectivity index (χ3n) is 4.54. The van der Waals surface area contributed by atoms with Gasteiger partial charge in [0.1, 0.15) is 18.3 Å². The van der Waals surface area contributed by atoms with Crippen molar-refractivity contribution in [2.75, 3.05) is 0 Å². The molecule has 5 heteroatoms. The van der Waals surface area contributed by atoms with Gasteiger partial charge in [-0.2, -0.15) is 5.10 Å². The van der Waals surface area contributed by atoms with Gasteiger partial charge < -0.3 is 5.11 Å². The smallest absolute Gasteiger partial charge is 0.137 e. The van der Waals surface area contributed by atoms with E-state index >= 15 is 0 Å². The monoisotopic (exact) mass is 317 g/mol. The molecule has 0 spiro atoms. The zero-order valence-corrected chi connectivity index (χ0v) is 13.4. The summed E-state index contributed by atoms with van der Waals surface area (Å²) in [4.78, 5) is 3.97. The first kappa shape index (κ1) is 15.3. The van der Waals surface area contributed by atoms with E-state index in [1.807, 2.05) is 24.3 Å². The maximum Gasteiger partial charge on any atom is 0.137 e. The van der Waals surface area contributed by atoms with Gasteiger partial charge in [0.05, 0.1) is 6.54 Å². The van der Waals surface area contributed by atoms with Gasteiger partial charge in [0, 0.05) is 5.02 Å². The molecule has 3 rings (SSSR count). The highest BCUT2D eigenvalue weighted by Gasteiger charge is 2.40. The van der Waals surface area contributed by atoms with Crippen LogP contribution in [0, 0.1) is 5.92 Å². The average Bonchev–Trinajstić information content (AvgIpc) is 2.99. The highest BCUT2D eigenvalue weighted by molar-refractivity contribution is 6.30. The standard InChI is InChI=1S/C17H20ClN3O/c1-13-3-2-4-15(9-14-5-7-16(18)8-6-14)17(13,22)10-21-12-19-11-20-21/h5-9,11-13,22H,2-4,10H2,1H3/b15-9+/t13-,17+/m1/s1. The molecule has 0 bridgehead atoms. The Hall–Kier alpha value is -1.65. The van der Waals surface area contributed by atoms with E-state index in [9.17, 15) is 5.11 Å². The molecule has 2 aromatic rings. The van der Waals surface area contributed by atoms with Crippen LogP contribution in [0.15, 0.2) is 42.5 Å². The van der Waals surface area contributed by atoms with Crippen LogP contribution in [0.3, 0.4) is 0 Å². The van der Waals surface area contributed by atoms with Gasteiger partial charge in [-0.3, -0.25) is 0 Å². The van der Waals surface area contributed by atoms with Crippen molar-refractivity contribution in [2.45, 2.75) is 38.3 Å². The Kier molecular flexibility index (Phi) is 4.32. The summed E-state index contributed by atoms with van der Waals surface area (Å²) in [6, 6.07) is 7.70. The summed E-state index contributed by atoms with van der Waals surface area (Å²) in [7, 11) is 0. The van der Waals surface area contributed by atoms with Gasteiger partial charge in [-0.05, 0) is 48.4 Å². The van der Waals surface area contributed by atoms with Crippen molar-refractivity contribution in [1.29, 1.82) is 0 Å². The molecule has 1 aliphatic carbocycles. The Balaban J connectivity index is 1.93. The Morgan fingerprint density at radius 1 is 1.41 bits per heavy atom. The Morgan fingerprint density at radius 3 is 2.86 bits per heavy atom. The molecule has 1 fully saturated rings. The van der Waals surface area contributed by atoms with E-state index < -0.39 is 5.60 Å². The molecular formula is C17H20ClN3O. The zero-order chi connectivity index (χ0) is 15.6. The molecule has 22 heavy (non-hydrogen) atoms. The van der Waals surface area contributed by atoms with E-state index in [1.54, 1.807) is 11.0 Å². The normalized spacial score (nSPS) is 27.2. The van der Waals surface area contributed by atoms with Crippen LogP contribution in [0.5, 0.6) is 0 Å². The van der Waals surface area contributed by atoms with Crippen molar-refractivity contribution in [3.8, 4) is 0 Å². The molecule has 116 valence electrons. The van der Waals surface area contributed by atoms with Crippen molar-refractivity contribution in [3.05, 3.63) is 53.1 Å². The lowest BCUT2D eigenvalue weighted by Crippen LogP contribution is -2.45. The predicted molar refractivity (Wildman–Crippen MR) is 87.4 cm³/mol. The van der Waals surface area contributed by atoms with E-state index in [4.69, 9.17) is 11.6 Å². The average molecular weight is 318 g/mol. The molecule has 1 aromatic heterocycles. The van der Waals surface area contributed by atoms with Gasteiger partial charge in [-0.15, -0.1) is 0 Å². The first-order valence-corrected chi connectivity index (χ1v) is 7.97. The van der Waals surface area contributed by atoms with Crippen LogP contribution in [-0.2, 0) is 6.54 Å². The summed E-state index contributed by atoms with van der Waals surface area (Å²) >= 11 is 5.94. The Morgan fingerprint density at radius 2 is 2.18 bits per heavy atom. The Labute approximate surface area is 135 Å². The van der Waals surface area contributed by atoms with E-state index in [2.05, 4.69) is 23.1 Å². The van der Waals surface area contributed by atoms with Crippen molar-refractivity contribution >= 4 is 17.7 Å². The molecule has 2 atom stereocenters. The molecule has 0 saturated heterocycles. The zero-order valence-electron chi connectivity index (χ0n) is 12.6. The van der Waals surface area contributed by atoms with Gasteiger partial charge in [-0.1, -0.05) is 36.7 Å². The molecule has 4 nitrogen and oxygen atoms in total. The third kappa shape index (κ3) is 3.08. The van der Waals surface area contributed by atoms with Crippen molar-refractivity contribution in [2.24, 2.45) is 5.92 Å². The lowest BCUT2D eigenvalue weighted by molar-refractivity contribution is -0.0126. The van der Waals surface area contributed by atoms with Gasteiger partial charge in [0.25, 0.3) is 0 Å². The summed E-state index contributed by atoms with van der Waals surface area (Å²) < 4.78 is 1.71. The number of aliphatic hydroxyl groups is 1. The summed E-state index contributed by atoms with van der Waals surface area (Å²) in [6.45, 7) is 2.54. The first-order chi connectivity index (χ1) is 10.6. The molecular weight excluding hydrogens is 298 g/mol. The Bertz CT molecular complexity index is 651. The number of benzene rings is 1. The van der Waals surface area contributed by atoms with Crippen LogP contribution >= 0.6 is 11.6 Å². The molecule has 1 saturated carbocycles. The van der Waals surface area contributed by atoms with E-state index in [-0.39, 0.29) is 5.92 Å². The summed E-state index contributed by atoms with van der Waals surface area (Å²) in [5, 5.41) is 16.2. The minimum atomic E-state index is -0.883. The van der Waals surface area contributed by atoms with Crippen LogP contribution in [-0.4, -0.2) is 25.5 Å². The van der Waals surface area contributed by atoms with Crippen LogP contribution in [0.4, 0.5) is 0 Å². The molecule has 1 heterocycles. The molecule has 0 radical (unpaired) electrons. The fourth-order valence-corrected chi connectivity index (χ4v) is 3.27. The third-order valence-corrected chi connectivity index (χ3v) is 4.79. The maximum absolute atomic E-state index is 11.3. The second kappa shape index (κ2) is 6.23. The highest BCUT2D eigenvalue weighted by atomic mass is 35.5. The lowest BCUT2D eigenvalue weighted by Gasteiger charge is -2.40. The molecule has 0 amide bonds. The number of halogens is 1. The highest BCUT2D eigenvalue weighted by Crippen LogP contribution is 2.40. The maximum atomic E-state index is 11.3. The summed E-state index contributed by atoms with van der Waals surface area (Å²) in [6.07, 6.45) is 8.25. The topological polar surface area (TPSA) is 50.9 Å². The molecule has 0 unspecified atom stereocenters. The van der Waals surface area contributed by atoms with E-state index in [0.29, 0.717) is 6.54 Å². The SMILES string of the molecule is C[C@@H]1CCC/C(=C\c2ccc(Cl)cc2)[C@]1(O)Cn1cncn1. The van der Waals surface area contributed by atoms with Crippen molar-refractivity contribution in [1.82, 2.24) is 14.8 Å². The van der Waals surface area contributed by atoms with Gasteiger partial charge in [-0.25, -0.2) is 9.67 Å². The van der Waals surface area contributed by atoms with Gasteiger partial charge in [0.2, 0.25) is 0 Å². The number of hydrogen-bond acceptors (Lipinski definition) is 3. The van der Waals surface area contributed by atoms with Gasteiger partial charge >= 0.3 is 0 Å². The van der Waals surface area contributed by atoms with Crippen LogP contribution in [0.25, 0.3) is 6.08 Å². The van der Waals surface area contributed by atoms with Crippen molar-refractivity contribution in [3.63, 3.8) is 0 Å². The summed E-state index contributed by atoms with van der Waals surface area (Å²) in [5.74, 6) is 0.184. The largest absolute Gasteiger partial charge is 0.383 e. The molecule has 0 aliphatic heterocycles. The fourth-order valence-electron chi connectivity index (χ4n) is 3.15. The van der Waals surface area contributed by atoms with Crippen molar-refractivity contribution < 1.29 is 5.11 Å². The number of nitrogens with zero attached hydrogens (tertiary/aromatic N) is 3. The fraction of sp³-hybridized carbons (Fsp3) is 0.412. The number of hydrogen-bond donors (Lipinski definition) is 1. The molecule has 1 N–H and O–H groups in total. The molecule has 1 aromatic carbocycles. The predicted octanol–water partition coefficient (Wildman–Crippen LogP) is 3.57. The minimum absolute atomic E-state index is 0.184. The first-order valence-electron chi connectivity index (χ1n) is 7.59. The quantitative estimate of drug-likeness (QED) is 0.941. The van der Waals surface area contributed by atoms with Crippen LogP contribution in [0.2, 0.25) is 5.02 Å². The van der Waals surface area contributed by atoms with E-state index in [0.717, 1.165) is 35.4 Å². The van der Waals surface area contributed by atoms with E-state index in [1.165, 1.54) is 6.33 Å². The second-order valence-corrected chi connectivity index (χ2v) is 6.47. The van der Waals surface area contributed by atoms with Crippen LogP contribution < -0.4 is 0 Å². The minimum Gasteiger partial charge on any atom is -0.383 e. The second-order valence-electron chi connectivity index (χ2n) is 6.03.